The van der Waals surface area contributed by atoms with E-state index in [0.717, 1.165) is 28.0 Å². The molecule has 20 heavy (non-hydrogen) atoms. The van der Waals surface area contributed by atoms with Gasteiger partial charge in [0, 0.05) is 18.0 Å². The van der Waals surface area contributed by atoms with Crippen LogP contribution in [-0.2, 0) is 6.54 Å². The Hall–Kier alpha value is -2.36. The molecule has 0 aliphatic heterocycles. The molecule has 0 saturated heterocycles. The molecule has 0 unspecified atom stereocenters. The van der Waals surface area contributed by atoms with Crippen molar-refractivity contribution in [3.63, 3.8) is 0 Å². The van der Waals surface area contributed by atoms with Crippen LogP contribution < -0.4 is 5.56 Å². The fourth-order valence-corrected chi connectivity index (χ4v) is 2.72. The van der Waals surface area contributed by atoms with E-state index in [1.165, 1.54) is 0 Å². The first-order chi connectivity index (χ1) is 9.63. The first-order valence-corrected chi connectivity index (χ1v) is 6.78. The van der Waals surface area contributed by atoms with E-state index in [2.05, 4.69) is 5.10 Å². The van der Waals surface area contributed by atoms with Gasteiger partial charge in [0.05, 0.1) is 11.4 Å². The van der Waals surface area contributed by atoms with Crippen molar-refractivity contribution in [3.8, 4) is 5.69 Å². The second-order valence-electron chi connectivity index (χ2n) is 4.94. The summed E-state index contributed by atoms with van der Waals surface area (Å²) in [6.07, 6.45) is 0. The Labute approximate surface area is 117 Å². The maximum Gasteiger partial charge on any atom is 0.252 e. The highest BCUT2D eigenvalue weighted by atomic mass is 16.1. The normalized spacial score (nSPS) is 11.2. The number of nitrogens with zero attached hydrogens (tertiary/aromatic N) is 3. The van der Waals surface area contributed by atoms with Crippen LogP contribution in [0.5, 0.6) is 0 Å². The first-order valence-electron chi connectivity index (χ1n) is 6.78. The highest BCUT2D eigenvalue weighted by Gasteiger charge is 2.15. The number of hydrogen-bond donors (Lipinski definition) is 0. The highest BCUT2D eigenvalue weighted by molar-refractivity contribution is 5.83. The van der Waals surface area contributed by atoms with Gasteiger partial charge in [0.1, 0.15) is 5.65 Å². The quantitative estimate of drug-likeness (QED) is 0.716. The Kier molecular flexibility index (Phi) is 2.93. The maximum absolute atomic E-state index is 12.2. The SMILES string of the molecule is CCn1c(=O)cc(C)c2c(C)nn(-c3ccccc3)c21. The molecule has 0 radical (unpaired) electrons. The molecule has 0 N–H and O–H groups in total. The third-order valence-electron chi connectivity index (χ3n) is 3.61. The van der Waals surface area contributed by atoms with Crippen molar-refractivity contribution < 1.29 is 0 Å². The Balaban J connectivity index is 2.49. The summed E-state index contributed by atoms with van der Waals surface area (Å²) in [6.45, 7) is 6.56. The minimum Gasteiger partial charge on any atom is -0.293 e. The number of hydrogen-bond acceptors (Lipinski definition) is 2. The van der Waals surface area contributed by atoms with E-state index in [1.54, 1.807) is 10.6 Å². The summed E-state index contributed by atoms with van der Waals surface area (Å²) in [4.78, 5) is 12.2. The summed E-state index contributed by atoms with van der Waals surface area (Å²) < 4.78 is 3.64. The van der Waals surface area contributed by atoms with E-state index in [1.807, 2.05) is 55.8 Å². The lowest BCUT2D eigenvalue weighted by Crippen LogP contribution is -2.21. The average Bonchev–Trinajstić information content (AvgIpc) is 2.78. The number of aromatic nitrogens is 3. The largest absolute Gasteiger partial charge is 0.293 e. The zero-order valence-electron chi connectivity index (χ0n) is 11.9. The Morgan fingerprint density at radius 1 is 1.15 bits per heavy atom. The zero-order chi connectivity index (χ0) is 14.3. The van der Waals surface area contributed by atoms with E-state index >= 15 is 0 Å². The van der Waals surface area contributed by atoms with Gasteiger partial charge in [-0.05, 0) is 38.5 Å². The van der Waals surface area contributed by atoms with Crippen LogP contribution in [-0.4, -0.2) is 14.3 Å². The fourth-order valence-electron chi connectivity index (χ4n) is 2.72. The van der Waals surface area contributed by atoms with Crippen molar-refractivity contribution >= 4 is 11.0 Å². The molecule has 4 nitrogen and oxygen atoms in total. The molecule has 0 spiro atoms. The summed E-state index contributed by atoms with van der Waals surface area (Å²) >= 11 is 0. The molecule has 0 bridgehead atoms. The van der Waals surface area contributed by atoms with Crippen LogP contribution in [0.2, 0.25) is 0 Å². The van der Waals surface area contributed by atoms with Gasteiger partial charge in [0.25, 0.3) is 5.56 Å². The molecular formula is C16H17N3O. The lowest BCUT2D eigenvalue weighted by Gasteiger charge is -2.10. The molecule has 3 aromatic rings. The molecule has 3 rings (SSSR count). The topological polar surface area (TPSA) is 39.8 Å². The van der Waals surface area contributed by atoms with E-state index in [-0.39, 0.29) is 5.56 Å². The van der Waals surface area contributed by atoms with E-state index in [9.17, 15) is 4.79 Å². The van der Waals surface area contributed by atoms with Crippen molar-refractivity contribution in [1.82, 2.24) is 14.3 Å². The number of aryl methyl sites for hydroxylation is 3. The molecule has 0 aliphatic rings. The van der Waals surface area contributed by atoms with Crippen LogP contribution in [0.3, 0.4) is 0 Å². The van der Waals surface area contributed by atoms with Gasteiger partial charge in [-0.25, -0.2) is 4.68 Å². The maximum atomic E-state index is 12.2. The van der Waals surface area contributed by atoms with Crippen molar-refractivity contribution in [2.24, 2.45) is 0 Å². The number of fused-ring (bicyclic) bond motifs is 1. The molecule has 0 saturated carbocycles. The molecule has 2 aromatic heterocycles. The molecular weight excluding hydrogens is 250 g/mol. The summed E-state index contributed by atoms with van der Waals surface area (Å²) in [7, 11) is 0. The van der Waals surface area contributed by atoms with Crippen molar-refractivity contribution in [2.75, 3.05) is 0 Å². The molecule has 0 fully saturated rings. The molecule has 4 heteroatoms. The Morgan fingerprint density at radius 3 is 2.50 bits per heavy atom. The molecule has 0 aliphatic carbocycles. The number of pyridine rings is 1. The van der Waals surface area contributed by atoms with Gasteiger partial charge < -0.3 is 0 Å². The molecule has 0 amide bonds. The molecule has 0 atom stereocenters. The van der Waals surface area contributed by atoms with E-state index in [4.69, 9.17) is 0 Å². The smallest absolute Gasteiger partial charge is 0.252 e. The van der Waals surface area contributed by atoms with Crippen LogP contribution in [0.4, 0.5) is 0 Å². The fraction of sp³-hybridized carbons (Fsp3) is 0.250. The Bertz CT molecular complexity index is 828. The molecule has 1 aromatic carbocycles. The summed E-state index contributed by atoms with van der Waals surface area (Å²) in [5.74, 6) is 0. The van der Waals surface area contributed by atoms with Gasteiger partial charge >= 0.3 is 0 Å². The van der Waals surface area contributed by atoms with Crippen molar-refractivity contribution in [2.45, 2.75) is 27.3 Å². The van der Waals surface area contributed by atoms with Gasteiger partial charge in [-0.2, -0.15) is 5.10 Å². The van der Waals surface area contributed by atoms with Gasteiger partial charge in [-0.3, -0.25) is 9.36 Å². The molecule has 102 valence electrons. The van der Waals surface area contributed by atoms with Crippen LogP contribution in [0, 0.1) is 13.8 Å². The standard InChI is InChI=1S/C16H17N3O/c1-4-18-14(20)10-11(2)15-12(3)17-19(16(15)18)13-8-6-5-7-9-13/h5-10H,4H2,1-3H3. The predicted molar refractivity (Wildman–Crippen MR) is 80.5 cm³/mol. The predicted octanol–water partition coefficient (Wildman–Crippen LogP) is 2.82. The van der Waals surface area contributed by atoms with Gasteiger partial charge in [-0.15, -0.1) is 0 Å². The van der Waals surface area contributed by atoms with Crippen molar-refractivity contribution in [1.29, 1.82) is 0 Å². The number of para-hydroxylation sites is 1. The van der Waals surface area contributed by atoms with E-state index in [0.29, 0.717) is 6.54 Å². The highest BCUT2D eigenvalue weighted by Crippen LogP contribution is 2.23. The summed E-state index contributed by atoms with van der Waals surface area (Å²) in [5.41, 5.74) is 3.80. The van der Waals surface area contributed by atoms with Crippen LogP contribution in [0.25, 0.3) is 16.7 Å². The molecule has 2 heterocycles. The average molecular weight is 267 g/mol. The first kappa shape index (κ1) is 12.7. The minimum absolute atomic E-state index is 0.0228. The Morgan fingerprint density at radius 2 is 1.85 bits per heavy atom. The van der Waals surface area contributed by atoms with Crippen LogP contribution in [0.15, 0.2) is 41.2 Å². The van der Waals surface area contributed by atoms with Crippen LogP contribution >= 0.6 is 0 Å². The lowest BCUT2D eigenvalue weighted by atomic mass is 10.1. The monoisotopic (exact) mass is 267 g/mol. The lowest BCUT2D eigenvalue weighted by molar-refractivity contribution is 0.724. The zero-order valence-corrected chi connectivity index (χ0v) is 11.9. The number of benzene rings is 1. The van der Waals surface area contributed by atoms with Gasteiger partial charge in [0.2, 0.25) is 0 Å². The third kappa shape index (κ3) is 1.76. The van der Waals surface area contributed by atoms with Gasteiger partial charge in [0.15, 0.2) is 0 Å². The minimum atomic E-state index is 0.0228. The third-order valence-corrected chi connectivity index (χ3v) is 3.61. The summed E-state index contributed by atoms with van der Waals surface area (Å²) in [6, 6.07) is 11.6. The second kappa shape index (κ2) is 4.63. The van der Waals surface area contributed by atoms with Crippen LogP contribution in [0.1, 0.15) is 18.2 Å². The van der Waals surface area contributed by atoms with Crippen molar-refractivity contribution in [3.05, 3.63) is 58.0 Å². The number of rotatable bonds is 2. The summed E-state index contributed by atoms with van der Waals surface area (Å²) in [5, 5.41) is 5.69. The van der Waals surface area contributed by atoms with Gasteiger partial charge in [-0.1, -0.05) is 18.2 Å². The second-order valence-corrected chi connectivity index (χ2v) is 4.94. The van der Waals surface area contributed by atoms with E-state index < -0.39 is 0 Å².